The summed E-state index contributed by atoms with van der Waals surface area (Å²) in [5.74, 6) is 1.97. The molecule has 2 N–H and O–H groups in total. The molecule has 1 fully saturated rings. The summed E-state index contributed by atoms with van der Waals surface area (Å²) in [6.07, 6.45) is 0. The van der Waals surface area contributed by atoms with Crippen LogP contribution in [0.15, 0.2) is 23.2 Å². The summed E-state index contributed by atoms with van der Waals surface area (Å²) >= 11 is 1.78. The Morgan fingerprint density at radius 3 is 2.68 bits per heavy atom. The van der Waals surface area contributed by atoms with Crippen molar-refractivity contribution in [2.24, 2.45) is 4.99 Å². The fourth-order valence-electron chi connectivity index (χ4n) is 2.41. The van der Waals surface area contributed by atoms with Crippen LogP contribution in [-0.2, 0) is 16.6 Å². The number of benzene rings is 1. The molecule has 1 saturated heterocycles. The Kier molecular flexibility index (Phi) is 7.52. The first-order chi connectivity index (χ1) is 11.9. The average molecular weight is 389 g/mol. The second-order valence-corrected chi connectivity index (χ2v) is 9.08. The van der Waals surface area contributed by atoms with Gasteiger partial charge in [0.2, 0.25) is 10.0 Å². The lowest BCUT2D eigenvalue weighted by Crippen LogP contribution is -2.44. The summed E-state index contributed by atoms with van der Waals surface area (Å²) < 4.78 is 39.7. The lowest BCUT2D eigenvalue weighted by Gasteiger charge is -2.25. The smallest absolute Gasteiger partial charge is 0.215 e. The number of halogens is 1. The van der Waals surface area contributed by atoms with Gasteiger partial charge in [0, 0.05) is 44.7 Å². The second-order valence-electron chi connectivity index (χ2n) is 5.76. The van der Waals surface area contributed by atoms with E-state index in [1.807, 2.05) is 6.07 Å². The largest absolute Gasteiger partial charge is 0.355 e. The Balaban J connectivity index is 1.79. The van der Waals surface area contributed by atoms with Gasteiger partial charge < -0.3 is 10.6 Å². The highest BCUT2D eigenvalue weighted by molar-refractivity contribution is 7.99. The molecule has 0 radical (unpaired) electrons. The molecule has 0 unspecified atom stereocenters. The molecule has 0 spiro atoms. The van der Waals surface area contributed by atoms with Crippen LogP contribution < -0.4 is 10.6 Å². The summed E-state index contributed by atoms with van der Waals surface area (Å²) in [6, 6.07) is 5.05. The van der Waals surface area contributed by atoms with Crippen LogP contribution in [0.4, 0.5) is 4.39 Å². The molecule has 25 heavy (non-hydrogen) atoms. The third kappa shape index (κ3) is 6.16. The summed E-state index contributed by atoms with van der Waals surface area (Å²) in [4.78, 5) is 4.06. The molecule has 6 nitrogen and oxygen atoms in total. The molecular formula is C16H25FN4O2S2. The van der Waals surface area contributed by atoms with Gasteiger partial charge in [-0.15, -0.1) is 0 Å². The van der Waals surface area contributed by atoms with Crippen molar-refractivity contribution in [2.45, 2.75) is 13.5 Å². The molecule has 0 aliphatic carbocycles. The number of nitrogens with zero attached hydrogens (tertiary/aromatic N) is 2. The van der Waals surface area contributed by atoms with Crippen LogP contribution in [0.2, 0.25) is 0 Å². The van der Waals surface area contributed by atoms with E-state index in [9.17, 15) is 12.8 Å². The molecule has 1 aromatic rings. The van der Waals surface area contributed by atoms with Crippen molar-refractivity contribution in [2.75, 3.05) is 43.9 Å². The van der Waals surface area contributed by atoms with Gasteiger partial charge in [0.15, 0.2) is 5.96 Å². The van der Waals surface area contributed by atoms with Gasteiger partial charge in [0.05, 0.1) is 5.75 Å². The number of aryl methyl sites for hydroxylation is 1. The summed E-state index contributed by atoms with van der Waals surface area (Å²) in [5.41, 5.74) is 1.40. The van der Waals surface area contributed by atoms with Crippen LogP contribution >= 0.6 is 11.8 Å². The highest BCUT2D eigenvalue weighted by Crippen LogP contribution is 2.13. The maximum atomic E-state index is 13.5. The van der Waals surface area contributed by atoms with Crippen LogP contribution in [0.3, 0.4) is 0 Å². The molecule has 1 aliphatic heterocycles. The zero-order chi connectivity index (χ0) is 18.3. The van der Waals surface area contributed by atoms with Gasteiger partial charge >= 0.3 is 0 Å². The Bertz CT molecular complexity index is 704. The van der Waals surface area contributed by atoms with Gasteiger partial charge in [0.25, 0.3) is 0 Å². The van der Waals surface area contributed by atoms with Crippen molar-refractivity contribution >= 4 is 27.7 Å². The zero-order valence-electron chi connectivity index (χ0n) is 14.6. The molecular weight excluding hydrogens is 363 g/mol. The molecule has 2 rings (SSSR count). The van der Waals surface area contributed by atoms with E-state index < -0.39 is 10.0 Å². The van der Waals surface area contributed by atoms with Gasteiger partial charge in [-0.2, -0.15) is 11.8 Å². The third-order valence-corrected chi connectivity index (χ3v) is 6.75. The number of nitrogens with one attached hydrogen (secondary N) is 2. The van der Waals surface area contributed by atoms with E-state index in [1.165, 1.54) is 6.07 Å². The SMILES string of the molecule is CN=C(NCCS(=O)(=O)N1CCSCC1)NCc1ccc(C)c(F)c1. The Morgan fingerprint density at radius 1 is 1.32 bits per heavy atom. The number of hydrogen-bond donors (Lipinski definition) is 2. The van der Waals surface area contributed by atoms with E-state index in [4.69, 9.17) is 0 Å². The van der Waals surface area contributed by atoms with E-state index in [0.29, 0.717) is 31.2 Å². The van der Waals surface area contributed by atoms with Gasteiger partial charge in [-0.25, -0.2) is 17.1 Å². The van der Waals surface area contributed by atoms with Crippen molar-refractivity contribution in [3.8, 4) is 0 Å². The molecule has 9 heteroatoms. The van der Waals surface area contributed by atoms with Crippen LogP contribution in [0, 0.1) is 12.7 Å². The van der Waals surface area contributed by atoms with Crippen LogP contribution in [-0.4, -0.2) is 62.6 Å². The maximum absolute atomic E-state index is 13.5. The minimum Gasteiger partial charge on any atom is -0.355 e. The first kappa shape index (κ1) is 20.0. The number of rotatable bonds is 6. The molecule has 0 amide bonds. The number of guanidine groups is 1. The summed E-state index contributed by atoms with van der Waals surface area (Å²) in [6.45, 7) is 3.56. The number of thioether (sulfide) groups is 1. The van der Waals surface area contributed by atoms with Gasteiger partial charge in [-0.05, 0) is 24.1 Å². The molecule has 0 atom stereocenters. The second kappa shape index (κ2) is 9.40. The molecule has 0 aromatic heterocycles. The molecule has 140 valence electrons. The Morgan fingerprint density at radius 2 is 2.04 bits per heavy atom. The van der Waals surface area contributed by atoms with Crippen LogP contribution in [0.1, 0.15) is 11.1 Å². The quantitative estimate of drug-likeness (QED) is 0.565. The monoisotopic (exact) mass is 388 g/mol. The topological polar surface area (TPSA) is 73.8 Å². The standard InChI is InChI=1S/C16H25FN4O2S2/c1-13-3-4-14(11-15(13)17)12-20-16(18-2)19-5-10-25(22,23)21-6-8-24-9-7-21/h3-4,11H,5-10,12H2,1-2H3,(H2,18,19,20). The number of sulfonamides is 1. The average Bonchev–Trinajstić information content (AvgIpc) is 2.61. The lowest BCUT2D eigenvalue weighted by atomic mass is 10.1. The fourth-order valence-corrected chi connectivity index (χ4v) is 4.90. The van der Waals surface area contributed by atoms with Crippen molar-refractivity contribution in [1.82, 2.24) is 14.9 Å². The predicted molar refractivity (Wildman–Crippen MR) is 102 cm³/mol. The number of hydrogen-bond acceptors (Lipinski definition) is 4. The van der Waals surface area contributed by atoms with Crippen molar-refractivity contribution in [1.29, 1.82) is 0 Å². The fraction of sp³-hybridized carbons (Fsp3) is 0.562. The van der Waals surface area contributed by atoms with E-state index >= 15 is 0 Å². The Hall–Kier alpha value is -1.32. The van der Waals surface area contributed by atoms with Gasteiger partial charge in [-0.1, -0.05) is 12.1 Å². The molecule has 0 bridgehead atoms. The highest BCUT2D eigenvalue weighted by Gasteiger charge is 2.23. The predicted octanol–water partition coefficient (Wildman–Crippen LogP) is 1.18. The molecule has 1 heterocycles. The van der Waals surface area contributed by atoms with Crippen LogP contribution in [0.25, 0.3) is 0 Å². The van der Waals surface area contributed by atoms with Gasteiger partial charge in [0.1, 0.15) is 5.82 Å². The normalized spacial score (nSPS) is 16.7. The lowest BCUT2D eigenvalue weighted by molar-refractivity contribution is 0.443. The highest BCUT2D eigenvalue weighted by atomic mass is 32.2. The van der Waals surface area contributed by atoms with E-state index in [0.717, 1.165) is 17.1 Å². The zero-order valence-corrected chi connectivity index (χ0v) is 16.2. The minimum atomic E-state index is -3.24. The summed E-state index contributed by atoms with van der Waals surface area (Å²) in [5, 5.41) is 6.05. The third-order valence-electron chi connectivity index (χ3n) is 3.94. The van der Waals surface area contributed by atoms with E-state index in [2.05, 4.69) is 15.6 Å². The number of aliphatic imine (C=N–C) groups is 1. The molecule has 1 aromatic carbocycles. The minimum absolute atomic E-state index is 0.0253. The van der Waals surface area contributed by atoms with Gasteiger partial charge in [-0.3, -0.25) is 4.99 Å². The van der Waals surface area contributed by atoms with E-state index in [1.54, 1.807) is 36.1 Å². The maximum Gasteiger partial charge on any atom is 0.215 e. The van der Waals surface area contributed by atoms with Crippen LogP contribution in [0.5, 0.6) is 0 Å². The molecule has 1 aliphatic rings. The van der Waals surface area contributed by atoms with Crippen molar-refractivity contribution in [3.63, 3.8) is 0 Å². The molecule has 0 saturated carbocycles. The van der Waals surface area contributed by atoms with E-state index in [-0.39, 0.29) is 18.1 Å². The first-order valence-corrected chi connectivity index (χ1v) is 10.9. The van der Waals surface area contributed by atoms with Crippen molar-refractivity contribution in [3.05, 3.63) is 35.1 Å². The first-order valence-electron chi connectivity index (χ1n) is 8.17. The Labute approximate surface area is 153 Å². The van der Waals surface area contributed by atoms with Crippen molar-refractivity contribution < 1.29 is 12.8 Å². The summed E-state index contributed by atoms with van der Waals surface area (Å²) in [7, 11) is -1.63.